The van der Waals surface area contributed by atoms with Crippen LogP contribution in [0.1, 0.15) is 30.4 Å². The van der Waals surface area contributed by atoms with Gasteiger partial charge < -0.3 is 5.73 Å². The van der Waals surface area contributed by atoms with E-state index in [1.807, 2.05) is 6.07 Å². The third-order valence-electron chi connectivity index (χ3n) is 4.49. The number of nitrogens with zero attached hydrogens (tertiary/aromatic N) is 1. The van der Waals surface area contributed by atoms with Crippen molar-refractivity contribution in [1.29, 1.82) is 0 Å². The van der Waals surface area contributed by atoms with Crippen molar-refractivity contribution < 1.29 is 0 Å². The Hall–Kier alpha value is -1.02. The first kappa shape index (κ1) is 11.1. The molecule has 1 aromatic rings. The van der Waals surface area contributed by atoms with E-state index in [2.05, 4.69) is 24.0 Å². The predicted molar refractivity (Wildman–Crippen MR) is 71.7 cm³/mol. The Morgan fingerprint density at radius 1 is 1.24 bits per heavy atom. The van der Waals surface area contributed by atoms with Gasteiger partial charge in [-0.25, -0.2) is 0 Å². The second-order valence-electron chi connectivity index (χ2n) is 5.85. The van der Waals surface area contributed by atoms with E-state index in [4.69, 9.17) is 5.73 Å². The molecule has 0 bridgehead atoms. The maximum absolute atomic E-state index is 6.06. The molecule has 1 aliphatic carbocycles. The fraction of sp³-hybridized carbons (Fsp3) is 0.600. The highest BCUT2D eigenvalue weighted by atomic mass is 15.2. The van der Waals surface area contributed by atoms with Crippen LogP contribution in [0.2, 0.25) is 0 Å². The number of hydrogen-bond acceptors (Lipinski definition) is 2. The zero-order chi connectivity index (χ0) is 11.8. The summed E-state index contributed by atoms with van der Waals surface area (Å²) in [5.74, 6) is 1.95. The lowest BCUT2D eigenvalue weighted by atomic mass is 10.0. The fourth-order valence-electron chi connectivity index (χ4n) is 3.57. The molecule has 1 heterocycles. The van der Waals surface area contributed by atoms with Crippen LogP contribution in [0.4, 0.5) is 5.69 Å². The van der Waals surface area contributed by atoms with Crippen molar-refractivity contribution in [2.75, 3.05) is 18.8 Å². The molecule has 2 atom stereocenters. The molecule has 0 amide bonds. The van der Waals surface area contributed by atoms with Crippen LogP contribution in [-0.2, 0) is 6.54 Å². The SMILES string of the molecule is Cc1ccc(N)c(CN2CC3CCCC3C2)c1. The fourth-order valence-corrected chi connectivity index (χ4v) is 3.57. The number of likely N-dealkylation sites (tertiary alicyclic amines) is 1. The molecule has 92 valence electrons. The predicted octanol–water partition coefficient (Wildman–Crippen LogP) is 2.81. The molecule has 17 heavy (non-hydrogen) atoms. The number of hydrogen-bond donors (Lipinski definition) is 1. The molecule has 2 unspecified atom stereocenters. The van der Waals surface area contributed by atoms with Gasteiger partial charge in [0, 0.05) is 25.3 Å². The molecule has 0 spiro atoms. The molecule has 2 nitrogen and oxygen atoms in total. The summed E-state index contributed by atoms with van der Waals surface area (Å²) >= 11 is 0. The summed E-state index contributed by atoms with van der Waals surface area (Å²) in [5.41, 5.74) is 9.63. The second kappa shape index (κ2) is 4.34. The van der Waals surface area contributed by atoms with Crippen molar-refractivity contribution >= 4 is 5.69 Å². The van der Waals surface area contributed by atoms with Gasteiger partial charge in [0.05, 0.1) is 0 Å². The largest absolute Gasteiger partial charge is 0.398 e. The van der Waals surface area contributed by atoms with Gasteiger partial charge in [-0.05, 0) is 43.2 Å². The number of nitrogen functional groups attached to an aromatic ring is 1. The monoisotopic (exact) mass is 230 g/mol. The molecule has 3 rings (SSSR count). The molecule has 2 aliphatic rings. The van der Waals surface area contributed by atoms with Crippen LogP contribution in [-0.4, -0.2) is 18.0 Å². The van der Waals surface area contributed by atoms with Gasteiger partial charge >= 0.3 is 0 Å². The summed E-state index contributed by atoms with van der Waals surface area (Å²) in [6.07, 6.45) is 4.35. The summed E-state index contributed by atoms with van der Waals surface area (Å²) in [6.45, 7) is 5.76. The van der Waals surface area contributed by atoms with Crippen molar-refractivity contribution in [3.63, 3.8) is 0 Å². The van der Waals surface area contributed by atoms with Gasteiger partial charge in [0.2, 0.25) is 0 Å². The number of fused-ring (bicyclic) bond motifs is 1. The lowest BCUT2D eigenvalue weighted by molar-refractivity contribution is 0.304. The second-order valence-corrected chi connectivity index (χ2v) is 5.85. The van der Waals surface area contributed by atoms with Crippen LogP contribution in [0, 0.1) is 18.8 Å². The molecular formula is C15H22N2. The van der Waals surface area contributed by atoms with Gasteiger partial charge in [0.1, 0.15) is 0 Å². The Bertz CT molecular complexity index is 401. The topological polar surface area (TPSA) is 29.3 Å². The van der Waals surface area contributed by atoms with Crippen LogP contribution in [0.5, 0.6) is 0 Å². The molecule has 1 saturated carbocycles. The number of aryl methyl sites for hydroxylation is 1. The summed E-state index contributed by atoms with van der Waals surface area (Å²) in [7, 11) is 0. The maximum atomic E-state index is 6.06. The average Bonchev–Trinajstić information content (AvgIpc) is 2.83. The lowest BCUT2D eigenvalue weighted by Crippen LogP contribution is -2.21. The van der Waals surface area contributed by atoms with Gasteiger partial charge in [-0.2, -0.15) is 0 Å². The first-order chi connectivity index (χ1) is 8.22. The van der Waals surface area contributed by atoms with Gasteiger partial charge in [0.15, 0.2) is 0 Å². The molecule has 2 heteroatoms. The number of anilines is 1. The first-order valence-corrected chi connectivity index (χ1v) is 6.80. The van der Waals surface area contributed by atoms with Gasteiger partial charge in [-0.15, -0.1) is 0 Å². The highest BCUT2D eigenvalue weighted by Crippen LogP contribution is 2.38. The number of rotatable bonds is 2. The molecule has 0 radical (unpaired) electrons. The molecule has 1 aromatic carbocycles. The lowest BCUT2D eigenvalue weighted by Gasteiger charge is -2.18. The molecule has 2 fully saturated rings. The minimum Gasteiger partial charge on any atom is -0.398 e. The third-order valence-corrected chi connectivity index (χ3v) is 4.49. The zero-order valence-corrected chi connectivity index (χ0v) is 10.7. The highest BCUT2D eigenvalue weighted by molar-refractivity contribution is 5.48. The standard InChI is InChI=1S/C15H22N2/c1-11-5-6-15(16)14(7-11)10-17-8-12-3-2-4-13(12)9-17/h5-7,12-13H,2-4,8-10,16H2,1H3. The third kappa shape index (κ3) is 2.19. The Morgan fingerprint density at radius 3 is 2.65 bits per heavy atom. The van der Waals surface area contributed by atoms with E-state index in [-0.39, 0.29) is 0 Å². The average molecular weight is 230 g/mol. The van der Waals surface area contributed by atoms with Gasteiger partial charge in [-0.3, -0.25) is 4.90 Å². The Labute approximate surface area is 104 Å². The van der Waals surface area contributed by atoms with Gasteiger partial charge in [0.25, 0.3) is 0 Å². The van der Waals surface area contributed by atoms with Crippen molar-refractivity contribution in [3.8, 4) is 0 Å². The van der Waals surface area contributed by atoms with E-state index in [9.17, 15) is 0 Å². The minimum atomic E-state index is 0.952. The smallest absolute Gasteiger partial charge is 0.0359 e. The molecule has 1 aliphatic heterocycles. The van der Waals surface area contributed by atoms with E-state index in [1.165, 1.54) is 43.5 Å². The van der Waals surface area contributed by atoms with E-state index in [1.54, 1.807) is 0 Å². The van der Waals surface area contributed by atoms with Crippen molar-refractivity contribution in [2.45, 2.75) is 32.7 Å². The summed E-state index contributed by atoms with van der Waals surface area (Å²) in [4.78, 5) is 2.60. The normalized spacial score (nSPS) is 28.5. The molecule has 2 N–H and O–H groups in total. The highest BCUT2D eigenvalue weighted by Gasteiger charge is 2.35. The summed E-state index contributed by atoms with van der Waals surface area (Å²) in [6, 6.07) is 6.38. The molecule has 1 saturated heterocycles. The van der Waals surface area contributed by atoms with E-state index >= 15 is 0 Å². The van der Waals surface area contributed by atoms with Crippen molar-refractivity contribution in [2.24, 2.45) is 11.8 Å². The molecular weight excluding hydrogens is 208 g/mol. The van der Waals surface area contributed by atoms with Crippen LogP contribution in [0.25, 0.3) is 0 Å². The first-order valence-electron chi connectivity index (χ1n) is 6.80. The van der Waals surface area contributed by atoms with Crippen LogP contribution in [0.15, 0.2) is 18.2 Å². The van der Waals surface area contributed by atoms with Crippen LogP contribution >= 0.6 is 0 Å². The number of benzene rings is 1. The summed E-state index contributed by atoms with van der Waals surface area (Å²) in [5, 5.41) is 0. The zero-order valence-electron chi connectivity index (χ0n) is 10.7. The maximum Gasteiger partial charge on any atom is 0.0359 e. The quantitative estimate of drug-likeness (QED) is 0.792. The van der Waals surface area contributed by atoms with Crippen molar-refractivity contribution in [1.82, 2.24) is 4.90 Å². The van der Waals surface area contributed by atoms with Crippen LogP contribution < -0.4 is 5.73 Å². The van der Waals surface area contributed by atoms with Crippen molar-refractivity contribution in [3.05, 3.63) is 29.3 Å². The Balaban J connectivity index is 1.69. The minimum absolute atomic E-state index is 0.952. The number of nitrogens with two attached hydrogens (primary N) is 1. The van der Waals surface area contributed by atoms with Gasteiger partial charge in [-0.1, -0.05) is 24.1 Å². The van der Waals surface area contributed by atoms with Crippen LogP contribution in [0.3, 0.4) is 0 Å². The Morgan fingerprint density at radius 2 is 1.94 bits per heavy atom. The summed E-state index contributed by atoms with van der Waals surface area (Å²) < 4.78 is 0. The van der Waals surface area contributed by atoms with E-state index < -0.39 is 0 Å². The Kier molecular flexibility index (Phi) is 2.83. The molecule has 0 aromatic heterocycles. The van der Waals surface area contributed by atoms with E-state index in [0.29, 0.717) is 0 Å². The van der Waals surface area contributed by atoms with E-state index in [0.717, 1.165) is 24.1 Å².